The lowest BCUT2D eigenvalue weighted by Crippen LogP contribution is -2.60. The Kier molecular flexibility index (Phi) is 5.98. The number of carboxylic acid groups (broad SMARTS) is 1. The first-order chi connectivity index (χ1) is 15.9. The van der Waals surface area contributed by atoms with E-state index in [4.69, 9.17) is 16.6 Å². The van der Waals surface area contributed by atoms with Crippen molar-refractivity contribution in [3.05, 3.63) is 40.4 Å². The van der Waals surface area contributed by atoms with Gasteiger partial charge < -0.3 is 25.6 Å². The number of anilines is 1. The highest BCUT2D eigenvalue weighted by molar-refractivity contribution is 7.22. The smallest absolute Gasteiger partial charge is 0.337 e. The van der Waals surface area contributed by atoms with Crippen LogP contribution in [0.1, 0.15) is 52.9 Å². The Labute approximate surface area is 199 Å². The van der Waals surface area contributed by atoms with Gasteiger partial charge in [0.05, 0.1) is 21.5 Å². The van der Waals surface area contributed by atoms with Gasteiger partial charge in [-0.2, -0.15) is 0 Å². The van der Waals surface area contributed by atoms with Gasteiger partial charge >= 0.3 is 5.97 Å². The van der Waals surface area contributed by atoms with Gasteiger partial charge in [-0.25, -0.2) is 14.8 Å². The van der Waals surface area contributed by atoms with Crippen LogP contribution < -0.4 is 15.5 Å². The monoisotopic (exact) mass is 488 g/mol. The van der Waals surface area contributed by atoms with Crippen LogP contribution in [0.3, 0.4) is 0 Å². The minimum Gasteiger partial charge on any atom is -0.478 e. The summed E-state index contributed by atoms with van der Waals surface area (Å²) in [6, 6.07) is 5.61. The van der Waals surface area contributed by atoms with Crippen LogP contribution in [0.4, 0.5) is 5.13 Å². The first kappa shape index (κ1) is 22.1. The summed E-state index contributed by atoms with van der Waals surface area (Å²) >= 11 is 7.51. The maximum Gasteiger partial charge on any atom is 0.337 e. The Morgan fingerprint density at radius 2 is 2.09 bits per heavy atom. The zero-order chi connectivity index (χ0) is 23.1. The fourth-order valence-electron chi connectivity index (χ4n) is 4.23. The Morgan fingerprint density at radius 3 is 2.79 bits per heavy atom. The van der Waals surface area contributed by atoms with Crippen molar-refractivity contribution in [3.63, 3.8) is 0 Å². The second-order valence-corrected chi connectivity index (χ2v) is 9.86. The lowest BCUT2D eigenvalue weighted by Gasteiger charge is -2.39. The van der Waals surface area contributed by atoms with Gasteiger partial charge in [0.2, 0.25) is 0 Å². The van der Waals surface area contributed by atoms with Gasteiger partial charge in [0.15, 0.2) is 16.1 Å². The van der Waals surface area contributed by atoms with Crippen LogP contribution in [-0.4, -0.2) is 63.1 Å². The van der Waals surface area contributed by atoms with Crippen LogP contribution in [0.2, 0.25) is 5.15 Å². The number of aromatic carboxylic acids is 1. The predicted molar refractivity (Wildman–Crippen MR) is 128 cm³/mol. The topological polar surface area (TPSA) is 123 Å². The van der Waals surface area contributed by atoms with Crippen molar-refractivity contribution < 1.29 is 14.7 Å². The molecule has 1 saturated carbocycles. The van der Waals surface area contributed by atoms with E-state index in [0.717, 1.165) is 30.1 Å². The molecule has 0 spiro atoms. The number of fused-ring (bicyclic) bond motifs is 1. The van der Waals surface area contributed by atoms with Crippen LogP contribution in [0.5, 0.6) is 0 Å². The number of carbonyl (C=O) groups excluding carboxylic acids is 1. The number of amides is 1. The van der Waals surface area contributed by atoms with Crippen molar-refractivity contribution >= 4 is 50.2 Å². The summed E-state index contributed by atoms with van der Waals surface area (Å²) in [4.78, 5) is 38.5. The number of nitrogens with zero attached hydrogens (tertiary/aromatic N) is 3. The molecule has 174 valence electrons. The normalized spacial score (nSPS) is 20.8. The highest BCUT2D eigenvalue weighted by Crippen LogP contribution is 2.33. The Hall–Kier alpha value is -2.69. The van der Waals surface area contributed by atoms with Gasteiger partial charge in [-0.05, 0) is 37.8 Å². The molecule has 11 heteroatoms. The molecule has 4 N–H and O–H groups in total. The lowest BCUT2D eigenvalue weighted by molar-refractivity contribution is 0.0699. The van der Waals surface area contributed by atoms with E-state index in [1.807, 2.05) is 13.0 Å². The molecule has 2 atom stereocenters. The van der Waals surface area contributed by atoms with Gasteiger partial charge in [-0.3, -0.25) is 4.79 Å². The van der Waals surface area contributed by atoms with Gasteiger partial charge in [0.1, 0.15) is 0 Å². The molecular formula is C22H25ClN6O3S. The molecule has 9 nitrogen and oxygen atoms in total. The first-order valence-corrected chi connectivity index (χ1v) is 12.3. The summed E-state index contributed by atoms with van der Waals surface area (Å²) in [5.74, 6) is -0.977. The SMILES string of the molecule is CCc1[nH]c(C(=O)N[C@H]2CCN(c3nc4cccc(C(=O)O)c4s3)C[C@@H]2NC2CC2)nc1Cl. The van der Waals surface area contributed by atoms with Gasteiger partial charge in [-0.15, -0.1) is 0 Å². The lowest BCUT2D eigenvalue weighted by atomic mass is 9.99. The van der Waals surface area contributed by atoms with E-state index in [2.05, 4.69) is 25.5 Å². The van der Waals surface area contributed by atoms with E-state index >= 15 is 0 Å². The molecule has 2 fully saturated rings. The number of nitrogens with one attached hydrogen (secondary N) is 3. The van der Waals surface area contributed by atoms with Crippen LogP contribution in [0.25, 0.3) is 10.2 Å². The number of hydrogen-bond acceptors (Lipinski definition) is 7. The number of H-pyrrole nitrogens is 1. The third-order valence-corrected chi connectivity index (χ3v) is 7.64. The van der Waals surface area contributed by atoms with E-state index in [0.29, 0.717) is 40.9 Å². The molecule has 5 rings (SSSR count). The predicted octanol–water partition coefficient (Wildman–Crippen LogP) is 3.06. The van der Waals surface area contributed by atoms with Crippen molar-refractivity contribution in [1.29, 1.82) is 0 Å². The molecule has 1 aliphatic heterocycles. The third kappa shape index (κ3) is 4.55. The summed E-state index contributed by atoms with van der Waals surface area (Å²) < 4.78 is 0.684. The van der Waals surface area contributed by atoms with Crippen molar-refractivity contribution in [3.8, 4) is 0 Å². The van der Waals surface area contributed by atoms with E-state index in [1.165, 1.54) is 11.3 Å². The molecule has 0 radical (unpaired) electrons. The number of aryl methyl sites for hydroxylation is 1. The fraction of sp³-hybridized carbons (Fsp3) is 0.455. The second kappa shape index (κ2) is 8.92. The van der Waals surface area contributed by atoms with Crippen molar-refractivity contribution in [2.45, 2.75) is 50.7 Å². The molecule has 1 saturated heterocycles. The summed E-state index contributed by atoms with van der Waals surface area (Å²) in [5, 5.41) is 17.4. The molecule has 1 aliphatic carbocycles. The number of aromatic nitrogens is 3. The molecule has 2 aliphatic rings. The molecule has 3 aromatic rings. The average Bonchev–Trinajstić information content (AvgIpc) is 3.36. The molecule has 3 heterocycles. The molecule has 1 amide bonds. The van der Waals surface area contributed by atoms with Crippen molar-refractivity contribution in [1.82, 2.24) is 25.6 Å². The fourth-order valence-corrected chi connectivity index (χ4v) is 5.60. The highest BCUT2D eigenvalue weighted by Gasteiger charge is 2.36. The van der Waals surface area contributed by atoms with E-state index < -0.39 is 5.97 Å². The number of hydrogen-bond donors (Lipinski definition) is 4. The molecule has 2 aromatic heterocycles. The number of imidazole rings is 1. The highest BCUT2D eigenvalue weighted by atomic mass is 35.5. The number of halogens is 1. The first-order valence-electron chi connectivity index (χ1n) is 11.1. The molecular weight excluding hydrogens is 464 g/mol. The van der Waals surface area contributed by atoms with Crippen LogP contribution >= 0.6 is 22.9 Å². The zero-order valence-electron chi connectivity index (χ0n) is 18.1. The largest absolute Gasteiger partial charge is 0.478 e. The number of rotatable bonds is 7. The number of carbonyl (C=O) groups is 2. The minimum absolute atomic E-state index is 0.0391. The third-order valence-electron chi connectivity index (χ3n) is 6.16. The van der Waals surface area contributed by atoms with Crippen molar-refractivity contribution in [2.75, 3.05) is 18.0 Å². The number of piperidine rings is 1. The van der Waals surface area contributed by atoms with E-state index in [1.54, 1.807) is 12.1 Å². The van der Waals surface area contributed by atoms with E-state index in [-0.39, 0.29) is 29.4 Å². The molecule has 0 bridgehead atoms. The van der Waals surface area contributed by atoms with Crippen LogP contribution in [0.15, 0.2) is 18.2 Å². The molecule has 33 heavy (non-hydrogen) atoms. The van der Waals surface area contributed by atoms with Crippen molar-refractivity contribution in [2.24, 2.45) is 0 Å². The van der Waals surface area contributed by atoms with Crippen LogP contribution in [-0.2, 0) is 6.42 Å². The maximum absolute atomic E-state index is 12.8. The Morgan fingerprint density at radius 1 is 1.27 bits per heavy atom. The quantitative estimate of drug-likeness (QED) is 0.403. The second-order valence-electron chi connectivity index (χ2n) is 8.53. The Bertz CT molecular complexity index is 1210. The van der Waals surface area contributed by atoms with Gasteiger partial charge in [-0.1, -0.05) is 35.9 Å². The summed E-state index contributed by atoms with van der Waals surface area (Å²) in [6.07, 6.45) is 3.67. The van der Waals surface area contributed by atoms with Gasteiger partial charge in [0, 0.05) is 31.2 Å². The maximum atomic E-state index is 12.8. The number of thiazole rings is 1. The number of carboxylic acids is 1. The molecule has 1 aromatic carbocycles. The van der Waals surface area contributed by atoms with E-state index in [9.17, 15) is 14.7 Å². The average molecular weight is 489 g/mol. The summed E-state index contributed by atoms with van der Waals surface area (Å²) in [7, 11) is 0. The van der Waals surface area contributed by atoms with Crippen LogP contribution in [0, 0.1) is 0 Å². The Balaban J connectivity index is 1.34. The number of aromatic amines is 1. The van der Waals surface area contributed by atoms with Gasteiger partial charge in [0.25, 0.3) is 5.91 Å². The minimum atomic E-state index is -0.949. The summed E-state index contributed by atoms with van der Waals surface area (Å²) in [5.41, 5.74) is 1.72. The standard InChI is InChI=1S/C22H25ClN6O3S/c1-2-13-18(23)28-19(25-13)20(30)26-14-8-9-29(10-16(14)24-11-6-7-11)22-27-15-5-3-4-12(21(31)32)17(15)33-22/h3-5,11,14,16,24H,2,6-10H2,1H3,(H,25,28)(H,26,30)(H,31,32)/t14-,16-/m0/s1. The molecule has 0 unspecified atom stereocenters. The summed E-state index contributed by atoms with van der Waals surface area (Å²) in [6.45, 7) is 3.33. The zero-order valence-corrected chi connectivity index (χ0v) is 19.7. The number of benzene rings is 1.